The van der Waals surface area contributed by atoms with E-state index in [1.54, 1.807) is 0 Å². The van der Waals surface area contributed by atoms with E-state index in [1.165, 1.54) is 12.8 Å². The molecule has 3 nitrogen and oxygen atoms in total. The van der Waals surface area contributed by atoms with Gasteiger partial charge >= 0.3 is 5.97 Å². The Kier molecular flexibility index (Phi) is 2.80. The molecule has 3 rings (SSSR count). The lowest BCUT2D eigenvalue weighted by molar-refractivity contribution is -0.159. The maximum Gasteiger partial charge on any atom is 0.307 e. The third kappa shape index (κ3) is 1.84. The van der Waals surface area contributed by atoms with Crippen LogP contribution in [0.5, 0.6) is 0 Å². The van der Waals surface area contributed by atoms with Crippen molar-refractivity contribution in [2.24, 2.45) is 22.5 Å². The van der Waals surface area contributed by atoms with E-state index in [2.05, 4.69) is 20.8 Å². The summed E-state index contributed by atoms with van der Waals surface area (Å²) < 4.78 is 5.84. The number of fused-ring (bicyclic) bond motifs is 2. The van der Waals surface area contributed by atoms with E-state index in [1.807, 2.05) is 0 Å². The zero-order valence-corrected chi connectivity index (χ0v) is 12.5. The van der Waals surface area contributed by atoms with Crippen LogP contribution in [0.3, 0.4) is 0 Å². The van der Waals surface area contributed by atoms with Crippen LogP contribution in [0.4, 0.5) is 0 Å². The molecule has 108 valence electrons. The molecule has 2 N–H and O–H groups in total. The van der Waals surface area contributed by atoms with Crippen molar-refractivity contribution in [3.05, 3.63) is 0 Å². The third-order valence-electron chi connectivity index (χ3n) is 6.83. The largest absolute Gasteiger partial charge is 0.462 e. The third-order valence-corrected chi connectivity index (χ3v) is 6.83. The summed E-state index contributed by atoms with van der Waals surface area (Å²) in [5.74, 6) is 0.641. The summed E-state index contributed by atoms with van der Waals surface area (Å²) in [7, 11) is 0. The molecule has 0 aromatic carbocycles. The summed E-state index contributed by atoms with van der Waals surface area (Å²) >= 11 is 0. The van der Waals surface area contributed by atoms with E-state index in [0.29, 0.717) is 17.8 Å². The molecule has 3 atom stereocenters. The van der Waals surface area contributed by atoms with Gasteiger partial charge in [0.25, 0.3) is 0 Å². The molecule has 3 unspecified atom stereocenters. The van der Waals surface area contributed by atoms with Crippen LogP contribution in [-0.4, -0.2) is 17.6 Å². The number of nitrogens with two attached hydrogens (primary N) is 1. The summed E-state index contributed by atoms with van der Waals surface area (Å²) in [5.41, 5.74) is 6.34. The maximum atomic E-state index is 12.1. The van der Waals surface area contributed by atoms with Crippen molar-refractivity contribution in [1.29, 1.82) is 0 Å². The Bertz CT molecular complexity index is 400. The lowest BCUT2D eigenvalue weighted by Crippen LogP contribution is -2.49. The summed E-state index contributed by atoms with van der Waals surface area (Å²) in [6.45, 7) is 6.99. The average molecular weight is 265 g/mol. The van der Waals surface area contributed by atoms with Crippen molar-refractivity contribution in [3.63, 3.8) is 0 Å². The molecular formula is C16H27NO2. The molecule has 0 radical (unpaired) electrons. The van der Waals surface area contributed by atoms with Gasteiger partial charge in [0.2, 0.25) is 0 Å². The van der Waals surface area contributed by atoms with Gasteiger partial charge in [0.05, 0.1) is 6.42 Å². The number of hydrogen-bond donors (Lipinski definition) is 1. The monoisotopic (exact) mass is 265 g/mol. The minimum atomic E-state index is -0.259. The van der Waals surface area contributed by atoms with Crippen LogP contribution in [0, 0.1) is 16.7 Å². The van der Waals surface area contributed by atoms with Crippen molar-refractivity contribution in [3.8, 4) is 0 Å². The van der Waals surface area contributed by atoms with Crippen LogP contribution in [0.1, 0.15) is 65.7 Å². The highest BCUT2D eigenvalue weighted by molar-refractivity contribution is 5.71. The predicted molar refractivity (Wildman–Crippen MR) is 74.5 cm³/mol. The lowest BCUT2D eigenvalue weighted by Gasteiger charge is -2.40. The molecule has 2 bridgehead atoms. The fourth-order valence-corrected chi connectivity index (χ4v) is 4.60. The molecular weight excluding hydrogens is 238 g/mol. The van der Waals surface area contributed by atoms with E-state index in [9.17, 15) is 4.79 Å². The quantitative estimate of drug-likeness (QED) is 0.798. The molecule has 3 aliphatic carbocycles. The molecule has 3 fully saturated rings. The Morgan fingerprint density at radius 3 is 2.37 bits per heavy atom. The fraction of sp³-hybridized carbons (Fsp3) is 0.938. The summed E-state index contributed by atoms with van der Waals surface area (Å²) in [6, 6.07) is 0. The minimum absolute atomic E-state index is 0.0724. The van der Waals surface area contributed by atoms with Gasteiger partial charge in [-0.25, -0.2) is 0 Å². The SMILES string of the molecule is CC1(C)C2CCC1(C)C(OC(=O)CC1(N)CCC1)C2. The van der Waals surface area contributed by atoms with Crippen LogP contribution in [0.2, 0.25) is 0 Å². The average Bonchev–Trinajstić information content (AvgIpc) is 2.60. The van der Waals surface area contributed by atoms with E-state index in [-0.39, 0.29) is 23.0 Å². The first-order valence-corrected chi connectivity index (χ1v) is 7.75. The van der Waals surface area contributed by atoms with Crippen LogP contribution < -0.4 is 5.73 Å². The van der Waals surface area contributed by atoms with Crippen molar-refractivity contribution < 1.29 is 9.53 Å². The van der Waals surface area contributed by atoms with Crippen LogP contribution in [0.15, 0.2) is 0 Å². The normalized spacial score (nSPS) is 41.9. The second-order valence-corrected chi connectivity index (χ2v) is 7.98. The highest BCUT2D eigenvalue weighted by atomic mass is 16.5. The molecule has 3 saturated carbocycles. The fourth-order valence-electron chi connectivity index (χ4n) is 4.60. The number of carbonyl (C=O) groups excluding carboxylic acids is 1. The molecule has 0 saturated heterocycles. The first kappa shape index (κ1) is 13.4. The first-order chi connectivity index (χ1) is 8.77. The molecule has 19 heavy (non-hydrogen) atoms. The van der Waals surface area contributed by atoms with Gasteiger partial charge in [-0.15, -0.1) is 0 Å². The molecule has 0 spiro atoms. The number of hydrogen-bond acceptors (Lipinski definition) is 3. The summed E-state index contributed by atoms with van der Waals surface area (Å²) in [5, 5.41) is 0. The molecule has 0 heterocycles. The van der Waals surface area contributed by atoms with Gasteiger partial charge in [-0.2, -0.15) is 0 Å². The second-order valence-electron chi connectivity index (χ2n) is 7.98. The van der Waals surface area contributed by atoms with Crippen LogP contribution >= 0.6 is 0 Å². The standard InChI is InChI=1S/C16H27NO2/c1-14(2)11-5-8-15(14,3)12(9-11)19-13(18)10-16(17)6-4-7-16/h11-12H,4-10,17H2,1-3H3. The van der Waals surface area contributed by atoms with Crippen molar-refractivity contribution >= 4 is 5.97 Å². The maximum absolute atomic E-state index is 12.1. The zero-order chi connectivity index (χ0) is 13.9. The number of esters is 1. The molecule has 0 aliphatic heterocycles. The van der Waals surface area contributed by atoms with Gasteiger partial charge in [-0.3, -0.25) is 4.79 Å². The van der Waals surface area contributed by atoms with E-state index >= 15 is 0 Å². The number of ether oxygens (including phenoxy) is 1. The summed E-state index contributed by atoms with van der Waals surface area (Å²) in [4.78, 5) is 12.1. The van der Waals surface area contributed by atoms with E-state index in [4.69, 9.17) is 10.5 Å². The molecule has 0 amide bonds. The second kappa shape index (κ2) is 3.97. The van der Waals surface area contributed by atoms with Gasteiger partial charge in [0.15, 0.2) is 0 Å². The van der Waals surface area contributed by atoms with E-state index < -0.39 is 0 Å². The highest BCUT2D eigenvalue weighted by Gasteiger charge is 2.62. The minimum Gasteiger partial charge on any atom is -0.462 e. The molecule has 3 aliphatic rings. The topological polar surface area (TPSA) is 52.3 Å². The Morgan fingerprint density at radius 2 is 1.95 bits per heavy atom. The molecule has 0 aromatic heterocycles. The number of carbonyl (C=O) groups is 1. The van der Waals surface area contributed by atoms with Crippen molar-refractivity contribution in [2.45, 2.75) is 77.4 Å². The van der Waals surface area contributed by atoms with Gasteiger partial charge in [0.1, 0.15) is 6.10 Å². The van der Waals surface area contributed by atoms with Crippen molar-refractivity contribution in [2.75, 3.05) is 0 Å². The Balaban J connectivity index is 1.64. The summed E-state index contributed by atoms with van der Waals surface area (Å²) in [6.07, 6.45) is 7.14. The van der Waals surface area contributed by atoms with Crippen molar-refractivity contribution in [1.82, 2.24) is 0 Å². The lowest BCUT2D eigenvalue weighted by atomic mass is 9.70. The molecule has 0 aromatic rings. The first-order valence-electron chi connectivity index (χ1n) is 7.75. The molecule has 3 heteroatoms. The highest BCUT2D eigenvalue weighted by Crippen LogP contribution is 2.66. The Labute approximate surface area is 116 Å². The van der Waals surface area contributed by atoms with Crippen LogP contribution in [0.25, 0.3) is 0 Å². The Hall–Kier alpha value is -0.570. The van der Waals surface area contributed by atoms with Gasteiger partial charge in [-0.1, -0.05) is 20.8 Å². The van der Waals surface area contributed by atoms with Gasteiger partial charge in [0, 0.05) is 11.0 Å². The van der Waals surface area contributed by atoms with E-state index in [0.717, 1.165) is 25.7 Å². The van der Waals surface area contributed by atoms with Crippen LogP contribution in [-0.2, 0) is 9.53 Å². The van der Waals surface area contributed by atoms with Gasteiger partial charge < -0.3 is 10.5 Å². The predicted octanol–water partition coefficient (Wildman–Crippen LogP) is 3.02. The zero-order valence-electron chi connectivity index (χ0n) is 12.5. The van der Waals surface area contributed by atoms with Gasteiger partial charge in [-0.05, 0) is 49.9 Å². The Morgan fingerprint density at radius 1 is 1.26 bits per heavy atom. The number of rotatable bonds is 3. The smallest absolute Gasteiger partial charge is 0.307 e.